The van der Waals surface area contributed by atoms with Gasteiger partial charge in [-0.15, -0.1) is 0 Å². The molecule has 3 heterocycles. The van der Waals surface area contributed by atoms with Crippen LogP contribution < -0.4 is 17.0 Å². The Kier molecular flexibility index (Phi) is 5.60. The fraction of sp³-hybridized carbons (Fsp3) is 0.231. The van der Waals surface area contributed by atoms with E-state index in [4.69, 9.17) is 10.7 Å². The monoisotopic (exact) mass is 470 g/mol. The van der Waals surface area contributed by atoms with Gasteiger partial charge in [-0.2, -0.15) is 4.98 Å². The summed E-state index contributed by atoms with van der Waals surface area (Å²) < 4.78 is 5.77. The molecule has 0 fully saturated rings. The van der Waals surface area contributed by atoms with Crippen molar-refractivity contribution in [3.8, 4) is 16.9 Å². The van der Waals surface area contributed by atoms with Gasteiger partial charge < -0.3 is 5.73 Å². The van der Waals surface area contributed by atoms with Gasteiger partial charge in [-0.1, -0.05) is 55.8 Å². The second-order valence-electron chi connectivity index (χ2n) is 8.64. The first kappa shape index (κ1) is 22.4. The molecule has 0 saturated carbocycles. The Morgan fingerprint density at radius 3 is 2.40 bits per heavy atom. The van der Waals surface area contributed by atoms with Gasteiger partial charge in [-0.3, -0.25) is 23.1 Å². The smallest absolute Gasteiger partial charge is 0.332 e. The van der Waals surface area contributed by atoms with Crippen LogP contribution in [0.25, 0.3) is 33.9 Å². The molecule has 35 heavy (non-hydrogen) atoms. The van der Waals surface area contributed by atoms with Crippen LogP contribution in [0.2, 0.25) is 0 Å². The molecule has 0 spiro atoms. The van der Waals surface area contributed by atoms with Crippen LogP contribution in [-0.2, 0) is 24.8 Å². The van der Waals surface area contributed by atoms with Crippen molar-refractivity contribution in [3.63, 3.8) is 0 Å². The molecule has 5 aromatic rings. The average Bonchev–Trinajstić information content (AvgIpc) is 3.41. The number of aryl methyl sites for hydroxylation is 2. The third-order valence-corrected chi connectivity index (χ3v) is 6.25. The van der Waals surface area contributed by atoms with Crippen LogP contribution >= 0.6 is 0 Å². The van der Waals surface area contributed by atoms with Crippen molar-refractivity contribution in [1.29, 1.82) is 0 Å². The summed E-state index contributed by atoms with van der Waals surface area (Å²) in [5.41, 5.74) is 8.42. The predicted octanol–water partition coefficient (Wildman–Crippen LogP) is 2.63. The number of aromatic nitrogens is 5. The summed E-state index contributed by atoms with van der Waals surface area (Å²) in [6.45, 7) is 1.67. The molecular weight excluding hydrogens is 444 g/mol. The first-order valence-corrected chi connectivity index (χ1v) is 11.6. The Balaban J connectivity index is 1.82. The van der Waals surface area contributed by atoms with Gasteiger partial charge in [-0.25, -0.2) is 9.36 Å². The molecule has 0 radical (unpaired) electrons. The maximum Gasteiger partial charge on any atom is 0.332 e. The molecule has 1 amide bonds. The Morgan fingerprint density at radius 1 is 1.03 bits per heavy atom. The van der Waals surface area contributed by atoms with Crippen LogP contribution in [-0.4, -0.2) is 29.0 Å². The van der Waals surface area contributed by atoms with Crippen LogP contribution in [0.1, 0.15) is 25.3 Å². The molecule has 0 aliphatic rings. The number of carbonyl (C=O) groups is 1. The van der Waals surface area contributed by atoms with Crippen molar-refractivity contribution in [1.82, 2.24) is 23.1 Å². The van der Waals surface area contributed by atoms with E-state index in [0.717, 1.165) is 40.8 Å². The molecule has 0 bridgehead atoms. The number of nitrogens with zero attached hydrogens (tertiary/aromatic N) is 5. The molecule has 3 aromatic heterocycles. The predicted molar refractivity (Wildman–Crippen MR) is 135 cm³/mol. The Labute approximate surface area is 200 Å². The highest BCUT2D eigenvalue weighted by Crippen LogP contribution is 2.29. The van der Waals surface area contributed by atoms with Gasteiger partial charge in [0.15, 0.2) is 11.2 Å². The summed E-state index contributed by atoms with van der Waals surface area (Å²) in [7, 11) is 1.53. The van der Waals surface area contributed by atoms with E-state index in [1.54, 1.807) is 4.40 Å². The van der Waals surface area contributed by atoms with Gasteiger partial charge in [-0.05, 0) is 30.5 Å². The Bertz CT molecular complexity index is 1670. The zero-order chi connectivity index (χ0) is 24.7. The second kappa shape index (κ2) is 8.75. The van der Waals surface area contributed by atoms with Crippen molar-refractivity contribution in [2.45, 2.75) is 32.7 Å². The van der Waals surface area contributed by atoms with Gasteiger partial charge >= 0.3 is 5.69 Å². The lowest BCUT2D eigenvalue weighted by atomic mass is 10.1. The lowest BCUT2D eigenvalue weighted by molar-refractivity contribution is -0.118. The van der Waals surface area contributed by atoms with Crippen LogP contribution in [0.5, 0.6) is 0 Å². The maximum atomic E-state index is 13.3. The molecular formula is C26H26N6O3. The van der Waals surface area contributed by atoms with Crippen molar-refractivity contribution >= 4 is 22.8 Å². The fourth-order valence-corrected chi connectivity index (χ4v) is 4.45. The first-order chi connectivity index (χ1) is 16.9. The number of fused-ring (bicyclic) bond motifs is 3. The van der Waals surface area contributed by atoms with E-state index >= 15 is 0 Å². The maximum absolute atomic E-state index is 13.3. The van der Waals surface area contributed by atoms with Gasteiger partial charge in [0.05, 0.1) is 5.69 Å². The summed E-state index contributed by atoms with van der Waals surface area (Å²) in [6.07, 6.45) is 5.11. The summed E-state index contributed by atoms with van der Waals surface area (Å²) in [5, 5.41) is 0. The first-order valence-electron chi connectivity index (χ1n) is 11.6. The quantitative estimate of drug-likeness (QED) is 0.394. The van der Waals surface area contributed by atoms with Crippen molar-refractivity contribution < 1.29 is 4.79 Å². The third-order valence-electron chi connectivity index (χ3n) is 6.25. The molecule has 0 unspecified atom stereocenters. The molecule has 9 heteroatoms. The summed E-state index contributed by atoms with van der Waals surface area (Å²) in [6, 6.07) is 18.1. The van der Waals surface area contributed by atoms with Gasteiger partial charge in [0.1, 0.15) is 6.54 Å². The molecule has 178 valence electrons. The Morgan fingerprint density at radius 2 is 1.74 bits per heavy atom. The molecule has 0 aliphatic heterocycles. The van der Waals surface area contributed by atoms with Gasteiger partial charge in [0.25, 0.3) is 5.56 Å². The lowest BCUT2D eigenvalue weighted by Gasteiger charge is -2.10. The number of imidazole rings is 2. The molecule has 2 N–H and O–H groups in total. The van der Waals surface area contributed by atoms with E-state index in [9.17, 15) is 14.4 Å². The summed E-state index contributed by atoms with van der Waals surface area (Å²) >= 11 is 0. The fourth-order valence-electron chi connectivity index (χ4n) is 4.45. The number of hydrogen-bond acceptors (Lipinski definition) is 4. The normalized spacial score (nSPS) is 11.5. The van der Waals surface area contributed by atoms with Crippen LogP contribution in [0.15, 0.2) is 70.4 Å². The minimum atomic E-state index is -0.769. The highest BCUT2D eigenvalue weighted by molar-refractivity contribution is 5.80. The van der Waals surface area contributed by atoms with E-state index in [2.05, 4.69) is 19.1 Å². The number of benzene rings is 2. The standard InChI is InChI=1S/C26H26N6O3/c1-3-4-8-17-11-13-19(14-12-17)32-20(18-9-6-5-7-10-18)15-30-22-23(28-25(30)32)29(2)26(35)31(24(22)34)16-21(27)33/h5-7,9-15H,3-4,8,16H2,1-2H3,(H2,27,33). The van der Waals surface area contributed by atoms with Crippen LogP contribution in [0.3, 0.4) is 0 Å². The number of unbranched alkanes of at least 4 members (excludes halogenated alkanes) is 1. The van der Waals surface area contributed by atoms with E-state index in [-0.39, 0.29) is 11.2 Å². The van der Waals surface area contributed by atoms with Crippen molar-refractivity contribution in [2.75, 3.05) is 0 Å². The van der Waals surface area contributed by atoms with Crippen LogP contribution in [0.4, 0.5) is 0 Å². The topological polar surface area (TPSA) is 109 Å². The Hall–Kier alpha value is -4.40. The summed E-state index contributed by atoms with van der Waals surface area (Å²) in [4.78, 5) is 42.3. The van der Waals surface area contributed by atoms with Gasteiger partial charge in [0, 0.05) is 24.5 Å². The van der Waals surface area contributed by atoms with E-state index in [1.165, 1.54) is 17.2 Å². The number of amides is 1. The number of nitrogens with two attached hydrogens (primary N) is 1. The molecule has 2 aromatic carbocycles. The molecule has 0 aliphatic carbocycles. The average molecular weight is 471 g/mol. The zero-order valence-electron chi connectivity index (χ0n) is 19.6. The highest BCUT2D eigenvalue weighted by atomic mass is 16.2. The lowest BCUT2D eigenvalue weighted by Crippen LogP contribution is -2.42. The second-order valence-corrected chi connectivity index (χ2v) is 8.64. The van der Waals surface area contributed by atoms with Crippen molar-refractivity contribution in [3.05, 3.63) is 87.2 Å². The number of rotatable bonds is 7. The van der Waals surface area contributed by atoms with E-state index < -0.39 is 23.7 Å². The molecule has 0 atom stereocenters. The number of primary amides is 1. The van der Waals surface area contributed by atoms with Crippen molar-refractivity contribution in [2.24, 2.45) is 12.8 Å². The largest absolute Gasteiger partial charge is 0.368 e. The molecule has 5 rings (SSSR count). The van der Waals surface area contributed by atoms with E-state index in [0.29, 0.717) is 5.78 Å². The SMILES string of the molecule is CCCCc1ccc(-n2c(-c3ccccc3)cn3c4c(=O)n(CC(N)=O)c(=O)n(C)c4nc23)cc1. The van der Waals surface area contributed by atoms with Crippen LogP contribution in [0, 0.1) is 0 Å². The molecule has 0 saturated heterocycles. The minimum absolute atomic E-state index is 0.207. The number of hydrogen-bond donors (Lipinski definition) is 1. The van der Waals surface area contributed by atoms with E-state index in [1.807, 2.05) is 53.2 Å². The zero-order valence-corrected chi connectivity index (χ0v) is 19.6. The number of carbonyl (C=O) groups excluding carboxylic acids is 1. The third kappa shape index (κ3) is 3.74. The highest BCUT2D eigenvalue weighted by Gasteiger charge is 2.23. The molecule has 9 nitrogen and oxygen atoms in total. The minimum Gasteiger partial charge on any atom is -0.368 e. The van der Waals surface area contributed by atoms with Gasteiger partial charge in [0.2, 0.25) is 11.7 Å². The summed E-state index contributed by atoms with van der Waals surface area (Å²) in [5.74, 6) is -0.279.